The highest BCUT2D eigenvalue weighted by molar-refractivity contribution is 5.90. The van der Waals surface area contributed by atoms with E-state index in [1.165, 1.54) is 19.3 Å². The van der Waals surface area contributed by atoms with E-state index in [2.05, 4.69) is 4.90 Å². The van der Waals surface area contributed by atoms with Crippen LogP contribution in [0.2, 0.25) is 0 Å². The van der Waals surface area contributed by atoms with Gasteiger partial charge in [0.1, 0.15) is 0 Å². The van der Waals surface area contributed by atoms with Crippen molar-refractivity contribution >= 4 is 5.78 Å². The summed E-state index contributed by atoms with van der Waals surface area (Å²) in [6.45, 7) is 6.09. The summed E-state index contributed by atoms with van der Waals surface area (Å²) in [6.07, 6.45) is 7.54. The van der Waals surface area contributed by atoms with E-state index < -0.39 is 0 Å². The molecular weight excluding hydrogens is 162 g/mol. The Hall–Kier alpha value is -0.790. The maximum Gasteiger partial charge on any atom is 0.159 e. The van der Waals surface area contributed by atoms with Gasteiger partial charge in [0.05, 0.1) is 0 Å². The number of hydrogen-bond acceptors (Lipinski definition) is 2. The standard InChI is InChI=1S/C11H19NO/c1-10(2)11(13)6-9-12-7-4-3-5-8-12/h6,9-10H,3-5,7-8H2,1-2H3/b9-6+. The minimum Gasteiger partial charge on any atom is -0.377 e. The molecule has 0 saturated carbocycles. The predicted octanol–water partition coefficient (Wildman–Crippen LogP) is 2.21. The van der Waals surface area contributed by atoms with Crippen LogP contribution in [0.5, 0.6) is 0 Å². The third-order valence-electron chi connectivity index (χ3n) is 2.41. The van der Waals surface area contributed by atoms with Crippen LogP contribution in [0.1, 0.15) is 33.1 Å². The molecule has 1 saturated heterocycles. The van der Waals surface area contributed by atoms with Crippen LogP contribution in [0.15, 0.2) is 12.3 Å². The molecule has 0 bridgehead atoms. The first kappa shape index (κ1) is 10.3. The summed E-state index contributed by atoms with van der Waals surface area (Å²) in [5.41, 5.74) is 0. The topological polar surface area (TPSA) is 20.3 Å². The average molecular weight is 181 g/mol. The molecule has 1 heterocycles. The van der Waals surface area contributed by atoms with Crippen molar-refractivity contribution in [2.75, 3.05) is 13.1 Å². The summed E-state index contributed by atoms with van der Waals surface area (Å²) < 4.78 is 0. The van der Waals surface area contributed by atoms with E-state index in [9.17, 15) is 4.79 Å². The van der Waals surface area contributed by atoms with Gasteiger partial charge in [0.25, 0.3) is 0 Å². The maximum atomic E-state index is 11.3. The molecule has 0 N–H and O–H groups in total. The lowest BCUT2D eigenvalue weighted by Gasteiger charge is -2.24. The van der Waals surface area contributed by atoms with E-state index in [4.69, 9.17) is 0 Å². The van der Waals surface area contributed by atoms with Gasteiger partial charge in [-0.1, -0.05) is 13.8 Å². The Morgan fingerprint density at radius 1 is 1.23 bits per heavy atom. The van der Waals surface area contributed by atoms with E-state index in [0.29, 0.717) is 0 Å². The zero-order valence-electron chi connectivity index (χ0n) is 8.62. The summed E-state index contributed by atoms with van der Waals surface area (Å²) in [5, 5.41) is 0. The molecule has 13 heavy (non-hydrogen) atoms. The second-order valence-corrected chi connectivity index (χ2v) is 3.97. The number of likely N-dealkylation sites (tertiary alicyclic amines) is 1. The summed E-state index contributed by atoms with van der Waals surface area (Å²) in [7, 11) is 0. The fourth-order valence-electron chi connectivity index (χ4n) is 1.44. The highest BCUT2D eigenvalue weighted by Gasteiger charge is 2.07. The first-order chi connectivity index (χ1) is 6.20. The number of ketones is 1. The van der Waals surface area contributed by atoms with Crippen molar-refractivity contribution in [3.05, 3.63) is 12.3 Å². The van der Waals surface area contributed by atoms with Gasteiger partial charge in [0.15, 0.2) is 5.78 Å². The fourth-order valence-corrected chi connectivity index (χ4v) is 1.44. The molecule has 1 aliphatic heterocycles. The monoisotopic (exact) mass is 181 g/mol. The van der Waals surface area contributed by atoms with Gasteiger partial charge in [-0.3, -0.25) is 4.79 Å². The lowest BCUT2D eigenvalue weighted by atomic mass is 10.1. The molecule has 0 aromatic rings. The molecule has 74 valence electrons. The minimum absolute atomic E-state index is 0.126. The summed E-state index contributed by atoms with van der Waals surface area (Å²) in [4.78, 5) is 13.5. The second-order valence-electron chi connectivity index (χ2n) is 3.97. The largest absolute Gasteiger partial charge is 0.377 e. The Morgan fingerprint density at radius 3 is 2.38 bits per heavy atom. The number of piperidine rings is 1. The van der Waals surface area contributed by atoms with E-state index in [1.807, 2.05) is 20.0 Å². The SMILES string of the molecule is CC(C)C(=O)/C=C/N1CCCCC1. The molecule has 0 unspecified atom stereocenters. The van der Waals surface area contributed by atoms with Crippen LogP contribution in [0.25, 0.3) is 0 Å². The van der Waals surface area contributed by atoms with Crippen LogP contribution < -0.4 is 0 Å². The van der Waals surface area contributed by atoms with Gasteiger partial charge >= 0.3 is 0 Å². The summed E-state index contributed by atoms with van der Waals surface area (Å²) in [6, 6.07) is 0. The fraction of sp³-hybridized carbons (Fsp3) is 0.727. The molecule has 0 atom stereocenters. The van der Waals surface area contributed by atoms with Crippen LogP contribution in [0.4, 0.5) is 0 Å². The van der Waals surface area contributed by atoms with Gasteiger partial charge in [0, 0.05) is 25.2 Å². The quantitative estimate of drug-likeness (QED) is 0.622. The molecule has 0 aromatic carbocycles. The molecule has 0 amide bonds. The van der Waals surface area contributed by atoms with E-state index in [-0.39, 0.29) is 11.7 Å². The molecule has 1 rings (SSSR count). The smallest absolute Gasteiger partial charge is 0.159 e. The second kappa shape index (κ2) is 5.05. The van der Waals surface area contributed by atoms with Crippen LogP contribution >= 0.6 is 0 Å². The van der Waals surface area contributed by atoms with Crippen LogP contribution in [-0.4, -0.2) is 23.8 Å². The molecule has 0 spiro atoms. The van der Waals surface area contributed by atoms with E-state index in [0.717, 1.165) is 13.1 Å². The number of carbonyl (C=O) groups excluding carboxylic acids is 1. The highest BCUT2D eigenvalue weighted by Crippen LogP contribution is 2.09. The van der Waals surface area contributed by atoms with Crippen molar-refractivity contribution in [3.63, 3.8) is 0 Å². The first-order valence-electron chi connectivity index (χ1n) is 5.16. The third kappa shape index (κ3) is 3.62. The van der Waals surface area contributed by atoms with Crippen LogP contribution in [-0.2, 0) is 4.79 Å². The van der Waals surface area contributed by atoms with E-state index >= 15 is 0 Å². The summed E-state index contributed by atoms with van der Waals surface area (Å²) >= 11 is 0. The first-order valence-corrected chi connectivity index (χ1v) is 5.16. The molecule has 0 aromatic heterocycles. The number of rotatable bonds is 3. The number of carbonyl (C=O) groups is 1. The van der Waals surface area contributed by atoms with Crippen LogP contribution in [0.3, 0.4) is 0 Å². The highest BCUT2D eigenvalue weighted by atomic mass is 16.1. The van der Waals surface area contributed by atoms with Crippen molar-refractivity contribution in [1.29, 1.82) is 0 Å². The number of hydrogen-bond donors (Lipinski definition) is 0. The Kier molecular flexibility index (Phi) is 4.00. The molecule has 1 fully saturated rings. The van der Waals surface area contributed by atoms with Gasteiger partial charge in [-0.05, 0) is 25.3 Å². The average Bonchev–Trinajstić information content (AvgIpc) is 2.15. The Bertz CT molecular complexity index is 190. The normalized spacial score (nSPS) is 18.5. The van der Waals surface area contributed by atoms with Gasteiger partial charge in [-0.15, -0.1) is 0 Å². The van der Waals surface area contributed by atoms with Gasteiger partial charge in [-0.2, -0.15) is 0 Å². The van der Waals surface area contributed by atoms with Gasteiger partial charge in [0.2, 0.25) is 0 Å². The van der Waals surface area contributed by atoms with Crippen molar-refractivity contribution in [2.24, 2.45) is 5.92 Å². The zero-order chi connectivity index (χ0) is 9.68. The van der Waals surface area contributed by atoms with Gasteiger partial charge < -0.3 is 4.90 Å². The van der Waals surface area contributed by atoms with Crippen molar-refractivity contribution in [1.82, 2.24) is 4.90 Å². The van der Waals surface area contributed by atoms with Crippen LogP contribution in [0, 0.1) is 5.92 Å². The lowest BCUT2D eigenvalue weighted by Crippen LogP contribution is -2.24. The molecule has 1 aliphatic rings. The minimum atomic E-state index is 0.126. The number of nitrogens with zero attached hydrogens (tertiary/aromatic N) is 1. The van der Waals surface area contributed by atoms with Crippen molar-refractivity contribution < 1.29 is 4.79 Å². The Labute approximate surface area is 80.6 Å². The molecule has 0 aliphatic carbocycles. The lowest BCUT2D eigenvalue weighted by molar-refractivity contribution is -0.117. The van der Waals surface area contributed by atoms with E-state index in [1.54, 1.807) is 6.08 Å². The zero-order valence-corrected chi connectivity index (χ0v) is 8.62. The maximum absolute atomic E-state index is 11.3. The molecule has 2 nitrogen and oxygen atoms in total. The van der Waals surface area contributed by atoms with Crippen molar-refractivity contribution in [2.45, 2.75) is 33.1 Å². The Morgan fingerprint density at radius 2 is 1.85 bits per heavy atom. The molecular formula is C11H19NO. The van der Waals surface area contributed by atoms with Gasteiger partial charge in [-0.25, -0.2) is 0 Å². The Balaban J connectivity index is 2.33. The molecule has 0 radical (unpaired) electrons. The molecule has 2 heteroatoms. The van der Waals surface area contributed by atoms with Crippen molar-refractivity contribution in [3.8, 4) is 0 Å². The third-order valence-corrected chi connectivity index (χ3v) is 2.41. The number of allylic oxidation sites excluding steroid dienone is 1. The summed E-state index contributed by atoms with van der Waals surface area (Å²) in [5.74, 6) is 0.353. The predicted molar refractivity (Wildman–Crippen MR) is 54.4 cm³/mol.